The lowest BCUT2D eigenvalue weighted by atomic mass is 10.0. The van der Waals surface area contributed by atoms with Gasteiger partial charge in [-0.2, -0.15) is 0 Å². The summed E-state index contributed by atoms with van der Waals surface area (Å²) in [5, 5.41) is 0. The first-order valence-electron chi connectivity index (χ1n) is 5.35. The highest BCUT2D eigenvalue weighted by molar-refractivity contribution is 5.97. The summed E-state index contributed by atoms with van der Waals surface area (Å²) < 4.78 is 12.7. The number of benzene rings is 1. The van der Waals surface area contributed by atoms with E-state index in [2.05, 4.69) is 4.98 Å². The first kappa shape index (κ1) is 11.5. The fraction of sp³-hybridized carbons (Fsp3) is 0.143. The molecule has 86 valence electrons. The highest BCUT2D eigenvalue weighted by Gasteiger charge is 2.07. The summed E-state index contributed by atoms with van der Waals surface area (Å²) in [6.07, 6.45) is 1.84. The van der Waals surface area contributed by atoms with Crippen molar-refractivity contribution in [3.63, 3.8) is 0 Å². The van der Waals surface area contributed by atoms with Gasteiger partial charge in [0, 0.05) is 23.9 Å². The highest BCUT2D eigenvalue weighted by Crippen LogP contribution is 2.08. The summed E-state index contributed by atoms with van der Waals surface area (Å²) in [4.78, 5) is 16.0. The number of nitrogens with zero attached hydrogens (tertiary/aromatic N) is 1. The quantitative estimate of drug-likeness (QED) is 0.757. The Hall–Kier alpha value is -2.03. The summed E-state index contributed by atoms with van der Waals surface area (Å²) in [5.41, 5.74) is 2.26. The molecule has 0 radical (unpaired) electrons. The number of carbonyl (C=O) groups excluding carboxylic acids is 1. The average molecular weight is 229 g/mol. The molecule has 1 aromatic heterocycles. The number of hydrogen-bond donors (Lipinski definition) is 0. The Morgan fingerprint density at radius 2 is 1.88 bits per heavy atom. The van der Waals surface area contributed by atoms with Crippen LogP contribution < -0.4 is 0 Å². The Labute approximate surface area is 99.1 Å². The summed E-state index contributed by atoms with van der Waals surface area (Å²) in [5.74, 6) is -0.303. The van der Waals surface area contributed by atoms with Crippen molar-refractivity contribution in [2.24, 2.45) is 0 Å². The Morgan fingerprint density at radius 3 is 2.47 bits per heavy atom. The van der Waals surface area contributed by atoms with Gasteiger partial charge in [0.25, 0.3) is 0 Å². The molecule has 0 saturated heterocycles. The molecule has 2 nitrogen and oxygen atoms in total. The normalized spacial score (nSPS) is 10.2. The van der Waals surface area contributed by atoms with Crippen molar-refractivity contribution in [1.82, 2.24) is 4.98 Å². The molecule has 2 aromatic rings. The SMILES string of the molecule is Cc1ccc(C(=O)Cc2ccc(F)cc2)cn1. The van der Waals surface area contributed by atoms with E-state index in [9.17, 15) is 9.18 Å². The monoisotopic (exact) mass is 229 g/mol. The standard InChI is InChI=1S/C14H12FNO/c1-10-2-5-12(9-16-10)14(17)8-11-3-6-13(15)7-4-11/h2-7,9H,8H2,1H3. The van der Waals surface area contributed by atoms with Gasteiger partial charge in [-0.3, -0.25) is 9.78 Å². The van der Waals surface area contributed by atoms with E-state index < -0.39 is 0 Å². The smallest absolute Gasteiger partial charge is 0.168 e. The van der Waals surface area contributed by atoms with Gasteiger partial charge in [-0.05, 0) is 36.8 Å². The van der Waals surface area contributed by atoms with Crippen molar-refractivity contribution >= 4 is 5.78 Å². The number of aromatic nitrogens is 1. The van der Waals surface area contributed by atoms with Crippen molar-refractivity contribution < 1.29 is 9.18 Å². The lowest BCUT2D eigenvalue weighted by Crippen LogP contribution is -2.04. The van der Waals surface area contributed by atoms with Gasteiger partial charge in [-0.25, -0.2) is 4.39 Å². The highest BCUT2D eigenvalue weighted by atomic mass is 19.1. The van der Waals surface area contributed by atoms with E-state index >= 15 is 0 Å². The van der Waals surface area contributed by atoms with Gasteiger partial charge in [0.15, 0.2) is 5.78 Å². The van der Waals surface area contributed by atoms with Crippen molar-refractivity contribution in [2.45, 2.75) is 13.3 Å². The summed E-state index contributed by atoms with van der Waals surface area (Å²) >= 11 is 0. The van der Waals surface area contributed by atoms with Gasteiger partial charge in [-0.1, -0.05) is 12.1 Å². The third-order valence-electron chi connectivity index (χ3n) is 2.51. The zero-order chi connectivity index (χ0) is 12.3. The number of aryl methyl sites for hydroxylation is 1. The topological polar surface area (TPSA) is 30.0 Å². The predicted molar refractivity (Wildman–Crippen MR) is 63.4 cm³/mol. The molecule has 0 bridgehead atoms. The molecule has 1 aromatic carbocycles. The molecule has 1 heterocycles. The van der Waals surface area contributed by atoms with Crippen molar-refractivity contribution in [1.29, 1.82) is 0 Å². The molecule has 0 fully saturated rings. The van der Waals surface area contributed by atoms with Gasteiger partial charge in [0.2, 0.25) is 0 Å². The molecule has 0 amide bonds. The molecule has 0 atom stereocenters. The van der Waals surface area contributed by atoms with Crippen LogP contribution in [-0.4, -0.2) is 10.8 Å². The first-order valence-corrected chi connectivity index (χ1v) is 5.35. The van der Waals surface area contributed by atoms with Crippen LogP contribution in [-0.2, 0) is 6.42 Å². The Balaban J connectivity index is 2.11. The number of pyridine rings is 1. The van der Waals surface area contributed by atoms with E-state index in [-0.39, 0.29) is 18.0 Å². The number of carbonyl (C=O) groups is 1. The maximum absolute atomic E-state index is 12.7. The fourth-order valence-corrected chi connectivity index (χ4v) is 1.52. The molecule has 0 saturated carbocycles. The van der Waals surface area contributed by atoms with Gasteiger partial charge >= 0.3 is 0 Å². The Morgan fingerprint density at radius 1 is 1.18 bits per heavy atom. The second kappa shape index (κ2) is 4.87. The minimum atomic E-state index is -0.293. The molecule has 0 aliphatic heterocycles. The van der Waals surface area contributed by atoms with Crippen molar-refractivity contribution in [3.05, 3.63) is 65.2 Å². The number of halogens is 1. The van der Waals surface area contributed by atoms with E-state index in [1.165, 1.54) is 12.1 Å². The molecule has 17 heavy (non-hydrogen) atoms. The van der Waals surface area contributed by atoms with Gasteiger partial charge < -0.3 is 0 Å². The fourth-order valence-electron chi connectivity index (χ4n) is 1.52. The number of rotatable bonds is 3. The Kier molecular flexibility index (Phi) is 3.28. The number of Topliss-reactive ketones (excluding diaryl/α,β-unsaturated/α-hetero) is 1. The second-order valence-corrected chi connectivity index (χ2v) is 3.91. The first-order chi connectivity index (χ1) is 8.15. The molecule has 0 aliphatic rings. The average Bonchev–Trinajstić information content (AvgIpc) is 2.33. The Bertz CT molecular complexity index is 517. The van der Waals surface area contributed by atoms with Gasteiger partial charge in [0.1, 0.15) is 5.82 Å². The van der Waals surface area contributed by atoms with Crippen LogP contribution in [0.2, 0.25) is 0 Å². The maximum atomic E-state index is 12.7. The van der Waals surface area contributed by atoms with Gasteiger partial charge in [-0.15, -0.1) is 0 Å². The zero-order valence-corrected chi connectivity index (χ0v) is 9.48. The summed E-state index contributed by atoms with van der Waals surface area (Å²) in [7, 11) is 0. The van der Waals surface area contributed by atoms with E-state index in [0.717, 1.165) is 11.3 Å². The van der Waals surface area contributed by atoms with Crippen LogP contribution in [0.15, 0.2) is 42.6 Å². The van der Waals surface area contributed by atoms with E-state index in [1.807, 2.05) is 6.92 Å². The molecule has 0 N–H and O–H groups in total. The van der Waals surface area contributed by atoms with Crippen LogP contribution in [0.4, 0.5) is 4.39 Å². The second-order valence-electron chi connectivity index (χ2n) is 3.91. The van der Waals surface area contributed by atoms with Crippen LogP contribution in [0.3, 0.4) is 0 Å². The number of ketones is 1. The summed E-state index contributed by atoms with van der Waals surface area (Å²) in [6.45, 7) is 1.87. The van der Waals surface area contributed by atoms with E-state index in [0.29, 0.717) is 5.56 Å². The molecule has 0 aliphatic carbocycles. The van der Waals surface area contributed by atoms with Crippen LogP contribution in [0, 0.1) is 12.7 Å². The van der Waals surface area contributed by atoms with Crippen LogP contribution in [0.5, 0.6) is 0 Å². The third kappa shape index (κ3) is 2.97. The van der Waals surface area contributed by atoms with E-state index in [1.54, 1.807) is 30.5 Å². The van der Waals surface area contributed by atoms with Crippen LogP contribution in [0.25, 0.3) is 0 Å². The molecule has 3 heteroatoms. The summed E-state index contributed by atoms with van der Waals surface area (Å²) in [6, 6.07) is 9.52. The third-order valence-corrected chi connectivity index (χ3v) is 2.51. The molecule has 2 rings (SSSR count). The number of hydrogen-bond acceptors (Lipinski definition) is 2. The predicted octanol–water partition coefficient (Wildman–Crippen LogP) is 2.95. The molecular weight excluding hydrogens is 217 g/mol. The molecular formula is C14H12FNO. The van der Waals surface area contributed by atoms with Gasteiger partial charge in [0.05, 0.1) is 0 Å². The van der Waals surface area contributed by atoms with Crippen LogP contribution >= 0.6 is 0 Å². The lowest BCUT2D eigenvalue weighted by Gasteiger charge is -2.01. The molecule has 0 spiro atoms. The van der Waals surface area contributed by atoms with E-state index in [4.69, 9.17) is 0 Å². The van der Waals surface area contributed by atoms with Crippen molar-refractivity contribution in [2.75, 3.05) is 0 Å². The largest absolute Gasteiger partial charge is 0.294 e. The van der Waals surface area contributed by atoms with Crippen molar-refractivity contribution in [3.8, 4) is 0 Å². The molecule has 0 unspecified atom stereocenters. The zero-order valence-electron chi connectivity index (χ0n) is 9.48. The lowest BCUT2D eigenvalue weighted by molar-refractivity contribution is 0.0992. The minimum absolute atomic E-state index is 0.0101. The van der Waals surface area contributed by atoms with Crippen LogP contribution in [0.1, 0.15) is 21.6 Å². The minimum Gasteiger partial charge on any atom is -0.294 e. The maximum Gasteiger partial charge on any atom is 0.168 e.